The second kappa shape index (κ2) is 6.25. The molecular weight excluding hydrogens is 256 g/mol. The van der Waals surface area contributed by atoms with Crippen molar-refractivity contribution >= 4 is 11.7 Å². The molecule has 1 aromatic heterocycles. The predicted molar refractivity (Wildman–Crippen MR) is 76.3 cm³/mol. The molecule has 1 atom stereocenters. The summed E-state index contributed by atoms with van der Waals surface area (Å²) in [6, 6.07) is 10.5. The number of anilines is 1. The Kier molecular flexibility index (Phi) is 4.42. The van der Waals surface area contributed by atoms with Gasteiger partial charge in [-0.1, -0.05) is 12.1 Å². The molecule has 2 N–H and O–H groups in total. The molecule has 0 aliphatic carbocycles. The van der Waals surface area contributed by atoms with Crippen molar-refractivity contribution in [3.8, 4) is 0 Å². The van der Waals surface area contributed by atoms with Crippen LogP contribution in [0.4, 0.5) is 10.5 Å². The number of hydrogen-bond acceptors (Lipinski definition) is 3. The van der Waals surface area contributed by atoms with Crippen LogP contribution in [0.1, 0.15) is 24.4 Å². The van der Waals surface area contributed by atoms with E-state index in [0.717, 1.165) is 11.3 Å². The van der Waals surface area contributed by atoms with Gasteiger partial charge in [-0.05, 0) is 36.8 Å². The normalized spacial score (nSPS) is 11.9. The average molecular weight is 274 g/mol. The number of furan rings is 1. The van der Waals surface area contributed by atoms with Crippen LogP contribution < -0.4 is 5.32 Å². The number of nitrogens with zero attached hydrogens (tertiary/aromatic N) is 1. The third-order valence-electron chi connectivity index (χ3n) is 2.96. The first kappa shape index (κ1) is 14.1. The fourth-order valence-corrected chi connectivity index (χ4v) is 1.77. The van der Waals surface area contributed by atoms with E-state index in [0.29, 0.717) is 12.2 Å². The standard InChI is InChI=1S/C15H18N2O3/c1-11(18)12-5-7-13(8-6-12)16-15(19)17(2)10-14-4-3-9-20-14/h3-9,11,18H,10H2,1-2H3,(H,16,19). The Hall–Kier alpha value is -2.27. The van der Waals surface area contributed by atoms with E-state index in [2.05, 4.69) is 5.32 Å². The van der Waals surface area contributed by atoms with Gasteiger partial charge in [-0.25, -0.2) is 4.79 Å². The highest BCUT2D eigenvalue weighted by atomic mass is 16.3. The number of aliphatic hydroxyl groups excluding tert-OH is 1. The first-order chi connectivity index (χ1) is 9.56. The number of aliphatic hydroxyl groups is 1. The molecule has 1 aromatic carbocycles. The van der Waals surface area contributed by atoms with Crippen LogP contribution in [0.15, 0.2) is 47.1 Å². The lowest BCUT2D eigenvalue weighted by molar-refractivity contribution is 0.199. The molecule has 0 fully saturated rings. The van der Waals surface area contributed by atoms with E-state index in [1.165, 1.54) is 4.90 Å². The molecule has 1 heterocycles. The van der Waals surface area contributed by atoms with Crippen LogP contribution in [0.2, 0.25) is 0 Å². The van der Waals surface area contributed by atoms with Crippen molar-refractivity contribution in [1.82, 2.24) is 4.90 Å². The highest BCUT2D eigenvalue weighted by Gasteiger charge is 2.11. The van der Waals surface area contributed by atoms with Crippen molar-refractivity contribution in [3.05, 3.63) is 54.0 Å². The molecule has 2 amide bonds. The van der Waals surface area contributed by atoms with Crippen molar-refractivity contribution in [2.24, 2.45) is 0 Å². The summed E-state index contributed by atoms with van der Waals surface area (Å²) in [5, 5.41) is 12.2. The molecule has 1 unspecified atom stereocenters. The number of carbonyl (C=O) groups is 1. The lowest BCUT2D eigenvalue weighted by Gasteiger charge is -2.17. The van der Waals surface area contributed by atoms with Gasteiger partial charge in [0.15, 0.2) is 0 Å². The summed E-state index contributed by atoms with van der Waals surface area (Å²) in [7, 11) is 1.70. The first-order valence-electron chi connectivity index (χ1n) is 6.39. The molecule has 5 heteroatoms. The number of amides is 2. The monoisotopic (exact) mass is 274 g/mol. The summed E-state index contributed by atoms with van der Waals surface area (Å²) in [4.78, 5) is 13.5. The quantitative estimate of drug-likeness (QED) is 0.900. The van der Waals surface area contributed by atoms with Gasteiger partial charge in [-0.15, -0.1) is 0 Å². The highest BCUT2D eigenvalue weighted by molar-refractivity contribution is 5.89. The Balaban J connectivity index is 1.93. The van der Waals surface area contributed by atoms with Gasteiger partial charge in [0, 0.05) is 12.7 Å². The van der Waals surface area contributed by atoms with E-state index < -0.39 is 6.10 Å². The van der Waals surface area contributed by atoms with Crippen LogP contribution in [0.3, 0.4) is 0 Å². The molecule has 0 aliphatic heterocycles. The molecule has 0 saturated heterocycles. The molecule has 0 spiro atoms. The summed E-state index contributed by atoms with van der Waals surface area (Å²) in [5.41, 5.74) is 1.50. The first-order valence-corrected chi connectivity index (χ1v) is 6.39. The average Bonchev–Trinajstić information content (AvgIpc) is 2.92. The number of hydrogen-bond donors (Lipinski definition) is 2. The molecule has 106 valence electrons. The summed E-state index contributed by atoms with van der Waals surface area (Å²) < 4.78 is 5.20. The zero-order valence-corrected chi connectivity index (χ0v) is 11.5. The Morgan fingerprint density at radius 3 is 2.60 bits per heavy atom. The third kappa shape index (κ3) is 3.61. The number of urea groups is 1. The molecule has 0 radical (unpaired) electrons. The van der Waals surface area contributed by atoms with E-state index in [9.17, 15) is 9.90 Å². The van der Waals surface area contributed by atoms with Crippen LogP contribution in [0.5, 0.6) is 0 Å². The van der Waals surface area contributed by atoms with Gasteiger partial charge in [0.1, 0.15) is 5.76 Å². The van der Waals surface area contributed by atoms with Crippen LogP contribution >= 0.6 is 0 Å². The molecular formula is C15H18N2O3. The topological polar surface area (TPSA) is 65.7 Å². The number of nitrogens with one attached hydrogen (secondary N) is 1. The maximum absolute atomic E-state index is 12.0. The van der Waals surface area contributed by atoms with E-state index in [1.54, 1.807) is 50.6 Å². The van der Waals surface area contributed by atoms with Gasteiger partial charge in [-0.3, -0.25) is 0 Å². The fraction of sp³-hybridized carbons (Fsp3) is 0.267. The predicted octanol–water partition coefficient (Wildman–Crippen LogP) is 3.00. The lowest BCUT2D eigenvalue weighted by atomic mass is 10.1. The number of carbonyl (C=O) groups excluding carboxylic acids is 1. The lowest BCUT2D eigenvalue weighted by Crippen LogP contribution is -2.30. The van der Waals surface area contributed by atoms with E-state index in [4.69, 9.17) is 4.42 Å². The van der Waals surface area contributed by atoms with Crippen LogP contribution in [-0.2, 0) is 6.54 Å². The van der Waals surface area contributed by atoms with Gasteiger partial charge in [-0.2, -0.15) is 0 Å². The number of benzene rings is 1. The smallest absolute Gasteiger partial charge is 0.321 e. The van der Waals surface area contributed by atoms with Crippen LogP contribution in [0.25, 0.3) is 0 Å². The second-order valence-corrected chi connectivity index (χ2v) is 4.66. The maximum Gasteiger partial charge on any atom is 0.321 e. The maximum atomic E-state index is 12.0. The van der Waals surface area contributed by atoms with Crippen molar-refractivity contribution in [2.45, 2.75) is 19.6 Å². The van der Waals surface area contributed by atoms with Gasteiger partial charge in [0.05, 0.1) is 18.9 Å². The molecule has 20 heavy (non-hydrogen) atoms. The molecule has 2 aromatic rings. The van der Waals surface area contributed by atoms with Crippen molar-refractivity contribution in [1.29, 1.82) is 0 Å². The van der Waals surface area contributed by atoms with E-state index in [-0.39, 0.29) is 6.03 Å². The summed E-state index contributed by atoms with van der Waals surface area (Å²) in [6.45, 7) is 2.11. The molecule has 2 rings (SSSR count). The van der Waals surface area contributed by atoms with Crippen LogP contribution in [0, 0.1) is 0 Å². The number of rotatable bonds is 4. The SMILES string of the molecule is CC(O)c1ccc(NC(=O)N(C)Cc2ccco2)cc1. The van der Waals surface area contributed by atoms with Crippen molar-refractivity contribution < 1.29 is 14.3 Å². The van der Waals surface area contributed by atoms with Crippen LogP contribution in [-0.4, -0.2) is 23.1 Å². The van der Waals surface area contributed by atoms with Gasteiger partial charge in [0.25, 0.3) is 0 Å². The molecule has 0 aliphatic rings. The van der Waals surface area contributed by atoms with Gasteiger partial charge in [0.2, 0.25) is 0 Å². The van der Waals surface area contributed by atoms with Gasteiger partial charge < -0.3 is 19.7 Å². The Morgan fingerprint density at radius 1 is 1.35 bits per heavy atom. The minimum Gasteiger partial charge on any atom is -0.467 e. The third-order valence-corrected chi connectivity index (χ3v) is 2.96. The molecule has 0 saturated carbocycles. The zero-order valence-electron chi connectivity index (χ0n) is 11.5. The summed E-state index contributed by atoms with van der Waals surface area (Å²) in [5.74, 6) is 0.729. The molecule has 5 nitrogen and oxygen atoms in total. The van der Waals surface area contributed by atoms with Gasteiger partial charge >= 0.3 is 6.03 Å². The summed E-state index contributed by atoms with van der Waals surface area (Å²) >= 11 is 0. The van der Waals surface area contributed by atoms with Crippen molar-refractivity contribution in [2.75, 3.05) is 12.4 Å². The fourth-order valence-electron chi connectivity index (χ4n) is 1.77. The largest absolute Gasteiger partial charge is 0.467 e. The zero-order chi connectivity index (χ0) is 14.5. The van der Waals surface area contributed by atoms with E-state index in [1.807, 2.05) is 6.07 Å². The minimum atomic E-state index is -0.513. The minimum absolute atomic E-state index is 0.216. The Bertz CT molecular complexity index is 547. The Morgan fingerprint density at radius 2 is 2.05 bits per heavy atom. The van der Waals surface area contributed by atoms with Crippen molar-refractivity contribution in [3.63, 3.8) is 0 Å². The summed E-state index contributed by atoms with van der Waals surface area (Å²) in [6.07, 6.45) is 1.07. The molecule has 0 bridgehead atoms. The Labute approximate surface area is 117 Å². The second-order valence-electron chi connectivity index (χ2n) is 4.66. The van der Waals surface area contributed by atoms with E-state index >= 15 is 0 Å². The highest BCUT2D eigenvalue weighted by Crippen LogP contribution is 2.16.